The number of benzene rings is 3. The van der Waals surface area contributed by atoms with Crippen LogP contribution in [0.5, 0.6) is 0 Å². The summed E-state index contributed by atoms with van der Waals surface area (Å²) in [6.07, 6.45) is 0.780. The number of carbonyl (C=O) groups is 1. The molecule has 1 heterocycles. The fourth-order valence-corrected chi connectivity index (χ4v) is 3.82. The Morgan fingerprint density at radius 3 is 2.77 bits per heavy atom. The lowest BCUT2D eigenvalue weighted by molar-refractivity contribution is -0.384. The Kier molecular flexibility index (Phi) is 4.24. The molecule has 2 atom stereocenters. The Labute approximate surface area is 171 Å². The molecular formula is C22H17N5O3. The number of nitrogens with zero attached hydrogens (tertiary/aromatic N) is 3. The summed E-state index contributed by atoms with van der Waals surface area (Å²) in [6.45, 7) is 0. The average Bonchev–Trinajstić information content (AvgIpc) is 3.44. The molecule has 8 heteroatoms. The molecule has 1 aliphatic rings. The monoisotopic (exact) mass is 399 g/mol. The fraction of sp³-hybridized carbons (Fsp3) is 0.136. The van der Waals surface area contributed by atoms with E-state index in [1.54, 1.807) is 12.1 Å². The largest absolute Gasteiger partial charge is 0.293 e. The summed E-state index contributed by atoms with van der Waals surface area (Å²) in [4.78, 5) is 27.4. The van der Waals surface area contributed by atoms with Crippen molar-refractivity contribution in [3.63, 3.8) is 0 Å². The number of amides is 1. The normalized spacial score (nSPS) is 17.6. The van der Waals surface area contributed by atoms with Gasteiger partial charge >= 0.3 is 0 Å². The first-order valence-corrected chi connectivity index (χ1v) is 9.56. The zero-order valence-corrected chi connectivity index (χ0v) is 15.8. The van der Waals surface area contributed by atoms with E-state index in [2.05, 4.69) is 44.8 Å². The number of hydrogen-bond acceptors (Lipinski definition) is 5. The van der Waals surface area contributed by atoms with Crippen molar-refractivity contribution in [3.8, 4) is 11.4 Å². The summed E-state index contributed by atoms with van der Waals surface area (Å²) >= 11 is 0. The van der Waals surface area contributed by atoms with E-state index in [9.17, 15) is 14.9 Å². The van der Waals surface area contributed by atoms with E-state index >= 15 is 0 Å². The van der Waals surface area contributed by atoms with Crippen molar-refractivity contribution in [2.24, 2.45) is 5.92 Å². The smallest absolute Gasteiger partial charge is 0.270 e. The van der Waals surface area contributed by atoms with Gasteiger partial charge in [0.1, 0.15) is 0 Å². The molecule has 0 aliphatic heterocycles. The molecule has 1 saturated carbocycles. The molecule has 3 aromatic carbocycles. The highest BCUT2D eigenvalue weighted by Gasteiger charge is 2.44. The van der Waals surface area contributed by atoms with Crippen LogP contribution in [0.2, 0.25) is 0 Å². The van der Waals surface area contributed by atoms with Crippen LogP contribution < -0.4 is 5.32 Å². The molecular weight excluding hydrogens is 382 g/mol. The quantitative estimate of drug-likeness (QED) is 0.384. The maximum Gasteiger partial charge on any atom is 0.270 e. The first kappa shape index (κ1) is 18.0. The van der Waals surface area contributed by atoms with Gasteiger partial charge in [-0.05, 0) is 28.7 Å². The van der Waals surface area contributed by atoms with Crippen LogP contribution >= 0.6 is 0 Å². The first-order valence-electron chi connectivity index (χ1n) is 9.56. The zero-order chi connectivity index (χ0) is 20.7. The Balaban J connectivity index is 1.30. The minimum Gasteiger partial charge on any atom is -0.293 e. The van der Waals surface area contributed by atoms with Crippen LogP contribution in [0.1, 0.15) is 17.9 Å². The third-order valence-electron chi connectivity index (χ3n) is 5.40. The number of fused-ring (bicyclic) bond motifs is 1. The number of rotatable bonds is 5. The zero-order valence-electron chi connectivity index (χ0n) is 15.8. The van der Waals surface area contributed by atoms with Crippen molar-refractivity contribution in [3.05, 3.63) is 82.4 Å². The van der Waals surface area contributed by atoms with E-state index in [-0.39, 0.29) is 29.4 Å². The van der Waals surface area contributed by atoms with Gasteiger partial charge in [-0.3, -0.25) is 25.3 Å². The Morgan fingerprint density at radius 2 is 1.90 bits per heavy atom. The average molecular weight is 399 g/mol. The molecule has 2 N–H and O–H groups in total. The van der Waals surface area contributed by atoms with Gasteiger partial charge in [-0.1, -0.05) is 54.6 Å². The molecule has 4 aromatic rings. The lowest BCUT2D eigenvalue weighted by Gasteiger charge is -2.06. The second-order valence-electron chi connectivity index (χ2n) is 7.32. The number of aromatic amines is 1. The third kappa shape index (κ3) is 3.28. The topological polar surface area (TPSA) is 114 Å². The summed E-state index contributed by atoms with van der Waals surface area (Å²) in [5.41, 5.74) is 1.67. The molecule has 0 bridgehead atoms. The van der Waals surface area contributed by atoms with Gasteiger partial charge in [0.05, 0.1) is 4.92 Å². The lowest BCUT2D eigenvalue weighted by Crippen LogP contribution is -2.15. The van der Waals surface area contributed by atoms with Gasteiger partial charge in [0.15, 0.2) is 5.82 Å². The van der Waals surface area contributed by atoms with Crippen LogP contribution in [-0.4, -0.2) is 26.0 Å². The third-order valence-corrected chi connectivity index (χ3v) is 5.40. The molecule has 2 unspecified atom stereocenters. The van der Waals surface area contributed by atoms with Crippen molar-refractivity contribution in [2.45, 2.75) is 12.3 Å². The molecule has 0 radical (unpaired) electrons. The number of non-ortho nitro benzene ring substituents is 1. The van der Waals surface area contributed by atoms with E-state index in [0.29, 0.717) is 11.4 Å². The first-order chi connectivity index (χ1) is 14.6. The molecule has 1 aliphatic carbocycles. The van der Waals surface area contributed by atoms with Crippen LogP contribution in [0.25, 0.3) is 22.2 Å². The standard InChI is InChI=1S/C22H17N5O3/c28-21(19-12-18(19)17-10-4-6-13-5-1-2-9-16(13)17)24-22-23-20(25-26-22)14-7-3-8-15(11-14)27(29)30/h1-11,18-19H,12H2,(H2,23,24,25,26,28). The Bertz CT molecular complexity index is 1280. The summed E-state index contributed by atoms with van der Waals surface area (Å²) < 4.78 is 0. The predicted octanol–water partition coefficient (Wildman–Crippen LogP) is 4.28. The van der Waals surface area contributed by atoms with Crippen LogP contribution in [-0.2, 0) is 4.79 Å². The van der Waals surface area contributed by atoms with E-state index in [1.165, 1.54) is 23.1 Å². The highest BCUT2D eigenvalue weighted by Crippen LogP contribution is 2.49. The van der Waals surface area contributed by atoms with Gasteiger partial charge in [0.2, 0.25) is 11.9 Å². The van der Waals surface area contributed by atoms with Crippen LogP contribution in [0.4, 0.5) is 11.6 Å². The number of aromatic nitrogens is 3. The summed E-state index contributed by atoms with van der Waals surface area (Å²) in [5, 5.41) is 22.8. The molecule has 30 heavy (non-hydrogen) atoms. The number of carbonyl (C=O) groups excluding carboxylic acids is 1. The van der Waals surface area contributed by atoms with E-state index in [4.69, 9.17) is 0 Å². The Hall–Kier alpha value is -4.07. The molecule has 5 rings (SSSR count). The molecule has 1 fully saturated rings. The minimum absolute atomic E-state index is 0.0367. The van der Waals surface area contributed by atoms with Gasteiger partial charge < -0.3 is 0 Å². The maximum atomic E-state index is 12.7. The molecule has 0 spiro atoms. The van der Waals surface area contributed by atoms with Gasteiger partial charge in [0, 0.05) is 23.6 Å². The van der Waals surface area contributed by atoms with Gasteiger partial charge in [0.25, 0.3) is 5.69 Å². The van der Waals surface area contributed by atoms with Crippen molar-refractivity contribution in [2.75, 3.05) is 5.32 Å². The number of anilines is 1. The molecule has 148 valence electrons. The predicted molar refractivity (Wildman–Crippen MR) is 112 cm³/mol. The summed E-state index contributed by atoms with van der Waals surface area (Å²) in [6, 6.07) is 20.4. The Morgan fingerprint density at radius 1 is 1.10 bits per heavy atom. The summed E-state index contributed by atoms with van der Waals surface area (Å²) in [5.74, 6) is 0.430. The SMILES string of the molecule is O=C(Nc1n[nH]c(-c2cccc([N+](=O)[O-])c2)n1)C1CC1c1cccc2ccccc12. The second kappa shape index (κ2) is 7.07. The highest BCUT2D eigenvalue weighted by molar-refractivity contribution is 5.95. The van der Waals surface area contributed by atoms with Gasteiger partial charge in [-0.15, -0.1) is 5.10 Å². The number of H-pyrrole nitrogens is 1. The van der Waals surface area contributed by atoms with Crippen LogP contribution in [0.3, 0.4) is 0 Å². The van der Waals surface area contributed by atoms with E-state index in [0.717, 1.165) is 11.8 Å². The molecule has 8 nitrogen and oxygen atoms in total. The number of nitrogens with one attached hydrogen (secondary N) is 2. The minimum atomic E-state index is -0.469. The second-order valence-corrected chi connectivity index (χ2v) is 7.32. The number of nitro groups is 1. The molecule has 1 amide bonds. The van der Waals surface area contributed by atoms with Crippen molar-refractivity contribution >= 4 is 28.3 Å². The summed E-state index contributed by atoms with van der Waals surface area (Å²) in [7, 11) is 0. The molecule has 0 saturated heterocycles. The van der Waals surface area contributed by atoms with Crippen molar-refractivity contribution < 1.29 is 9.72 Å². The lowest BCUT2D eigenvalue weighted by atomic mass is 10.00. The molecule has 1 aromatic heterocycles. The number of nitro benzene ring substituents is 1. The maximum absolute atomic E-state index is 12.7. The van der Waals surface area contributed by atoms with Gasteiger partial charge in [-0.25, -0.2) is 0 Å². The number of hydrogen-bond donors (Lipinski definition) is 2. The van der Waals surface area contributed by atoms with Crippen LogP contribution in [0.15, 0.2) is 66.7 Å². The fourth-order valence-electron chi connectivity index (χ4n) is 3.82. The van der Waals surface area contributed by atoms with Gasteiger partial charge in [-0.2, -0.15) is 4.98 Å². The van der Waals surface area contributed by atoms with E-state index < -0.39 is 4.92 Å². The van der Waals surface area contributed by atoms with Crippen molar-refractivity contribution in [1.82, 2.24) is 15.2 Å². The van der Waals surface area contributed by atoms with Crippen molar-refractivity contribution in [1.29, 1.82) is 0 Å². The highest BCUT2D eigenvalue weighted by atomic mass is 16.6. The van der Waals surface area contributed by atoms with Crippen LogP contribution in [0, 0.1) is 16.0 Å². The van der Waals surface area contributed by atoms with E-state index in [1.807, 2.05) is 18.2 Å².